The molecule has 106 valence electrons. The average molecular weight is 276 g/mol. The van der Waals surface area contributed by atoms with E-state index in [1.54, 1.807) is 4.31 Å². The molecule has 0 aliphatic carbocycles. The SMILES string of the molecule is CCN1CCC(NS(=O)(=O)N2CCNCC2)CC1. The largest absolute Gasteiger partial charge is 0.314 e. The van der Waals surface area contributed by atoms with Crippen molar-refractivity contribution in [3.8, 4) is 0 Å². The third-order valence-electron chi connectivity index (χ3n) is 3.77. The maximum Gasteiger partial charge on any atom is 0.279 e. The highest BCUT2D eigenvalue weighted by molar-refractivity contribution is 7.87. The Kier molecular flexibility index (Phi) is 4.97. The monoisotopic (exact) mass is 276 g/mol. The Morgan fingerprint density at radius 2 is 1.78 bits per heavy atom. The van der Waals surface area contributed by atoms with Gasteiger partial charge in [0.1, 0.15) is 0 Å². The molecule has 0 aromatic rings. The molecule has 0 amide bonds. The second-order valence-corrected chi connectivity index (χ2v) is 6.68. The Morgan fingerprint density at radius 1 is 1.17 bits per heavy atom. The van der Waals surface area contributed by atoms with Crippen LogP contribution in [-0.2, 0) is 10.2 Å². The highest BCUT2D eigenvalue weighted by atomic mass is 32.2. The van der Waals surface area contributed by atoms with Crippen LogP contribution in [0.1, 0.15) is 19.8 Å². The van der Waals surface area contributed by atoms with Gasteiger partial charge in [-0.1, -0.05) is 6.92 Å². The standard InChI is InChI=1S/C11H24N4O2S/c1-2-14-7-3-11(4-8-14)13-18(16,17)15-9-5-12-6-10-15/h11-13H,2-10H2,1H3. The van der Waals surface area contributed by atoms with Crippen molar-refractivity contribution in [3.05, 3.63) is 0 Å². The minimum Gasteiger partial charge on any atom is -0.314 e. The minimum absolute atomic E-state index is 0.104. The molecule has 0 aromatic carbocycles. The smallest absolute Gasteiger partial charge is 0.279 e. The van der Waals surface area contributed by atoms with Gasteiger partial charge in [-0.3, -0.25) is 0 Å². The fourth-order valence-electron chi connectivity index (χ4n) is 2.54. The molecule has 2 fully saturated rings. The van der Waals surface area contributed by atoms with E-state index in [1.807, 2.05) is 0 Å². The van der Waals surface area contributed by atoms with Gasteiger partial charge in [0.2, 0.25) is 0 Å². The minimum atomic E-state index is -3.28. The van der Waals surface area contributed by atoms with Crippen molar-refractivity contribution in [2.45, 2.75) is 25.8 Å². The Hall–Kier alpha value is -0.210. The molecule has 7 heteroatoms. The first kappa shape index (κ1) is 14.2. The Labute approximate surface area is 110 Å². The van der Waals surface area contributed by atoms with Crippen LogP contribution in [0.15, 0.2) is 0 Å². The predicted molar refractivity (Wildman–Crippen MR) is 71.6 cm³/mol. The van der Waals surface area contributed by atoms with E-state index < -0.39 is 10.2 Å². The third kappa shape index (κ3) is 3.64. The number of likely N-dealkylation sites (tertiary alicyclic amines) is 1. The van der Waals surface area contributed by atoms with Crippen LogP contribution < -0.4 is 10.0 Å². The Morgan fingerprint density at radius 3 is 2.33 bits per heavy atom. The average Bonchev–Trinajstić information content (AvgIpc) is 2.40. The third-order valence-corrected chi connectivity index (χ3v) is 5.44. The van der Waals surface area contributed by atoms with Gasteiger partial charge in [-0.05, 0) is 32.5 Å². The van der Waals surface area contributed by atoms with Crippen molar-refractivity contribution in [1.29, 1.82) is 0 Å². The number of hydrogen-bond donors (Lipinski definition) is 2. The van der Waals surface area contributed by atoms with Crippen LogP contribution in [-0.4, -0.2) is 69.5 Å². The summed E-state index contributed by atoms with van der Waals surface area (Å²) in [5.41, 5.74) is 0. The fraction of sp³-hybridized carbons (Fsp3) is 1.00. The van der Waals surface area contributed by atoms with Gasteiger partial charge in [0.25, 0.3) is 10.2 Å². The van der Waals surface area contributed by atoms with Crippen LogP contribution in [0.2, 0.25) is 0 Å². The number of rotatable bonds is 4. The lowest BCUT2D eigenvalue weighted by atomic mass is 10.1. The van der Waals surface area contributed by atoms with Gasteiger partial charge in [-0.25, -0.2) is 0 Å². The van der Waals surface area contributed by atoms with Crippen molar-refractivity contribution in [2.24, 2.45) is 0 Å². The molecule has 0 atom stereocenters. The maximum atomic E-state index is 12.2. The maximum absolute atomic E-state index is 12.2. The lowest BCUT2D eigenvalue weighted by Crippen LogP contribution is -2.54. The van der Waals surface area contributed by atoms with Gasteiger partial charge >= 0.3 is 0 Å². The first-order valence-electron chi connectivity index (χ1n) is 6.82. The van der Waals surface area contributed by atoms with Crippen molar-refractivity contribution in [2.75, 3.05) is 45.8 Å². The van der Waals surface area contributed by atoms with E-state index in [9.17, 15) is 8.42 Å². The second-order valence-electron chi connectivity index (χ2n) is 4.98. The molecule has 2 aliphatic heterocycles. The highest BCUT2D eigenvalue weighted by Gasteiger charge is 2.28. The summed E-state index contributed by atoms with van der Waals surface area (Å²) in [6.45, 7) is 7.82. The van der Waals surface area contributed by atoms with E-state index in [0.717, 1.165) is 45.6 Å². The summed E-state index contributed by atoms with van der Waals surface area (Å²) < 4.78 is 28.8. The first-order valence-corrected chi connectivity index (χ1v) is 8.26. The lowest BCUT2D eigenvalue weighted by molar-refractivity contribution is 0.215. The molecule has 0 unspecified atom stereocenters. The summed E-state index contributed by atoms with van der Waals surface area (Å²) in [5.74, 6) is 0. The van der Waals surface area contributed by atoms with E-state index in [2.05, 4.69) is 21.9 Å². The highest BCUT2D eigenvalue weighted by Crippen LogP contribution is 2.12. The van der Waals surface area contributed by atoms with Crippen LogP contribution in [0.4, 0.5) is 0 Å². The molecule has 18 heavy (non-hydrogen) atoms. The lowest BCUT2D eigenvalue weighted by Gasteiger charge is -2.33. The molecule has 2 rings (SSSR count). The van der Waals surface area contributed by atoms with Crippen LogP contribution in [0.5, 0.6) is 0 Å². The summed E-state index contributed by atoms with van der Waals surface area (Å²) in [5, 5.41) is 3.16. The molecule has 2 saturated heterocycles. The van der Waals surface area contributed by atoms with E-state index in [4.69, 9.17) is 0 Å². The zero-order chi connectivity index (χ0) is 13.0. The summed E-state index contributed by atoms with van der Waals surface area (Å²) >= 11 is 0. The van der Waals surface area contributed by atoms with Crippen LogP contribution in [0, 0.1) is 0 Å². The molecule has 0 saturated carbocycles. The van der Waals surface area contributed by atoms with Crippen molar-refractivity contribution in [1.82, 2.24) is 19.2 Å². The number of piperidine rings is 1. The van der Waals surface area contributed by atoms with Gasteiger partial charge in [-0.2, -0.15) is 17.4 Å². The van der Waals surface area contributed by atoms with E-state index in [0.29, 0.717) is 13.1 Å². The number of nitrogens with one attached hydrogen (secondary N) is 2. The molecular formula is C11H24N4O2S. The van der Waals surface area contributed by atoms with Gasteiger partial charge in [0, 0.05) is 32.2 Å². The van der Waals surface area contributed by atoms with Gasteiger partial charge in [-0.15, -0.1) is 0 Å². The van der Waals surface area contributed by atoms with Crippen molar-refractivity contribution < 1.29 is 8.42 Å². The normalized spacial score (nSPS) is 25.4. The molecule has 2 aliphatic rings. The molecule has 0 aromatic heterocycles. The predicted octanol–water partition coefficient (Wildman–Crippen LogP) is -0.790. The van der Waals surface area contributed by atoms with Crippen LogP contribution in [0.25, 0.3) is 0 Å². The van der Waals surface area contributed by atoms with Gasteiger partial charge < -0.3 is 10.2 Å². The fourth-order valence-corrected chi connectivity index (χ4v) is 4.01. The van der Waals surface area contributed by atoms with Crippen molar-refractivity contribution in [3.63, 3.8) is 0 Å². The topological polar surface area (TPSA) is 64.7 Å². The molecule has 0 radical (unpaired) electrons. The zero-order valence-electron chi connectivity index (χ0n) is 11.1. The molecule has 2 heterocycles. The molecule has 0 bridgehead atoms. The van der Waals surface area contributed by atoms with Gasteiger partial charge in [0.15, 0.2) is 0 Å². The summed E-state index contributed by atoms with van der Waals surface area (Å²) in [4.78, 5) is 2.36. The summed E-state index contributed by atoms with van der Waals surface area (Å²) in [6, 6.07) is 0.104. The first-order chi connectivity index (χ1) is 8.62. The summed E-state index contributed by atoms with van der Waals surface area (Å²) in [6.07, 6.45) is 1.83. The van der Waals surface area contributed by atoms with Gasteiger partial charge in [0.05, 0.1) is 0 Å². The van der Waals surface area contributed by atoms with Crippen LogP contribution in [0.3, 0.4) is 0 Å². The number of nitrogens with zero attached hydrogens (tertiary/aromatic N) is 2. The second kappa shape index (κ2) is 6.29. The Balaban J connectivity index is 1.84. The van der Waals surface area contributed by atoms with E-state index in [1.165, 1.54) is 0 Å². The summed E-state index contributed by atoms with van der Waals surface area (Å²) in [7, 11) is -3.28. The molecule has 2 N–H and O–H groups in total. The van der Waals surface area contributed by atoms with E-state index in [-0.39, 0.29) is 6.04 Å². The number of piperazine rings is 1. The van der Waals surface area contributed by atoms with Crippen molar-refractivity contribution >= 4 is 10.2 Å². The quantitative estimate of drug-likeness (QED) is 0.706. The van der Waals surface area contributed by atoms with Crippen LogP contribution >= 0.6 is 0 Å². The molecular weight excluding hydrogens is 252 g/mol. The number of hydrogen-bond acceptors (Lipinski definition) is 4. The van der Waals surface area contributed by atoms with E-state index >= 15 is 0 Å². The Bertz CT molecular complexity index is 346. The molecule has 0 spiro atoms. The molecule has 6 nitrogen and oxygen atoms in total. The zero-order valence-corrected chi connectivity index (χ0v) is 11.9.